The minimum Gasteiger partial charge on any atom is -0.320 e. The number of benzene rings is 1. The Hall–Kier alpha value is -1.95. The molecule has 0 bridgehead atoms. The fourth-order valence-electron chi connectivity index (χ4n) is 2.60. The average molecular weight is 291 g/mol. The van der Waals surface area contributed by atoms with E-state index in [0.29, 0.717) is 12.5 Å². The van der Waals surface area contributed by atoms with Crippen LogP contribution >= 0.6 is 0 Å². The molecule has 1 amide bonds. The first-order valence-electron chi connectivity index (χ1n) is 7.34. The Bertz CT molecular complexity index is 525. The van der Waals surface area contributed by atoms with Gasteiger partial charge in [0.25, 0.3) is 5.69 Å². The minimum atomic E-state index is -0.474. The monoisotopic (exact) mass is 291 g/mol. The summed E-state index contributed by atoms with van der Waals surface area (Å²) < 4.78 is 0. The van der Waals surface area contributed by atoms with Crippen molar-refractivity contribution in [3.05, 3.63) is 33.9 Å². The van der Waals surface area contributed by atoms with Crippen LogP contribution in [0.1, 0.15) is 37.7 Å². The molecule has 1 saturated heterocycles. The fraction of sp³-hybridized carbons (Fsp3) is 0.533. The number of hydrogen-bond acceptors (Lipinski definition) is 4. The number of rotatable bonds is 5. The van der Waals surface area contributed by atoms with Crippen molar-refractivity contribution in [1.82, 2.24) is 5.32 Å². The lowest BCUT2D eigenvalue weighted by Crippen LogP contribution is -2.34. The van der Waals surface area contributed by atoms with E-state index in [-0.39, 0.29) is 17.3 Å². The van der Waals surface area contributed by atoms with Gasteiger partial charge in [-0.3, -0.25) is 14.9 Å². The Morgan fingerprint density at radius 3 is 2.95 bits per heavy atom. The topological polar surface area (TPSA) is 84.3 Å². The summed E-state index contributed by atoms with van der Waals surface area (Å²) in [6, 6.07) is 5.11. The first kappa shape index (κ1) is 15.4. The van der Waals surface area contributed by atoms with Gasteiger partial charge in [-0.25, -0.2) is 0 Å². The van der Waals surface area contributed by atoms with Crippen LogP contribution in [0.3, 0.4) is 0 Å². The molecule has 0 aliphatic carbocycles. The summed E-state index contributed by atoms with van der Waals surface area (Å²) in [4.78, 5) is 22.5. The van der Waals surface area contributed by atoms with Crippen molar-refractivity contribution in [2.45, 2.75) is 45.1 Å². The summed E-state index contributed by atoms with van der Waals surface area (Å²) in [6.45, 7) is 2.85. The third kappa shape index (κ3) is 4.53. The molecule has 0 spiro atoms. The van der Waals surface area contributed by atoms with Crippen LogP contribution in [0, 0.1) is 17.0 Å². The van der Waals surface area contributed by atoms with Crippen LogP contribution < -0.4 is 10.6 Å². The predicted octanol–water partition coefficient (Wildman–Crippen LogP) is 2.76. The van der Waals surface area contributed by atoms with Gasteiger partial charge in [0.1, 0.15) is 5.69 Å². The highest BCUT2D eigenvalue weighted by Gasteiger charge is 2.17. The molecular weight excluding hydrogens is 270 g/mol. The number of piperidine rings is 1. The van der Waals surface area contributed by atoms with Crippen molar-refractivity contribution in [1.29, 1.82) is 0 Å². The molecule has 6 heteroatoms. The van der Waals surface area contributed by atoms with Crippen LogP contribution in [0.25, 0.3) is 0 Å². The predicted molar refractivity (Wildman–Crippen MR) is 81.3 cm³/mol. The molecule has 114 valence electrons. The summed E-state index contributed by atoms with van der Waals surface area (Å²) in [7, 11) is 0. The lowest BCUT2D eigenvalue weighted by Gasteiger charge is -2.23. The maximum Gasteiger partial charge on any atom is 0.292 e. The number of hydrogen-bond donors (Lipinski definition) is 2. The highest BCUT2D eigenvalue weighted by molar-refractivity contribution is 5.93. The van der Waals surface area contributed by atoms with Crippen molar-refractivity contribution in [2.24, 2.45) is 0 Å². The van der Waals surface area contributed by atoms with E-state index in [9.17, 15) is 14.9 Å². The molecule has 1 aromatic rings. The zero-order valence-electron chi connectivity index (χ0n) is 12.2. The third-order valence-corrected chi connectivity index (χ3v) is 3.76. The van der Waals surface area contributed by atoms with Crippen molar-refractivity contribution in [3.8, 4) is 0 Å². The molecule has 2 rings (SSSR count). The van der Waals surface area contributed by atoms with E-state index in [1.807, 2.05) is 6.92 Å². The maximum atomic E-state index is 12.0. The molecule has 0 saturated carbocycles. The molecule has 6 nitrogen and oxygen atoms in total. The Morgan fingerprint density at radius 2 is 2.29 bits per heavy atom. The van der Waals surface area contributed by atoms with E-state index in [0.717, 1.165) is 24.9 Å². The van der Waals surface area contributed by atoms with Gasteiger partial charge in [-0.1, -0.05) is 12.5 Å². The van der Waals surface area contributed by atoms with E-state index in [1.54, 1.807) is 12.1 Å². The van der Waals surface area contributed by atoms with E-state index >= 15 is 0 Å². The largest absolute Gasteiger partial charge is 0.320 e. The van der Waals surface area contributed by atoms with Gasteiger partial charge in [-0.15, -0.1) is 0 Å². The number of carbonyl (C=O) groups excluding carboxylic acids is 1. The first-order valence-corrected chi connectivity index (χ1v) is 7.34. The summed E-state index contributed by atoms with van der Waals surface area (Å²) in [5.41, 5.74) is 1.09. The molecule has 1 aromatic carbocycles. The highest BCUT2D eigenvalue weighted by atomic mass is 16.6. The van der Waals surface area contributed by atoms with Crippen molar-refractivity contribution in [3.63, 3.8) is 0 Å². The normalized spacial score (nSPS) is 18.2. The number of anilines is 1. The SMILES string of the molecule is Cc1ccc([N+](=O)[O-])c(NC(=O)CCC2CCCCN2)c1. The smallest absolute Gasteiger partial charge is 0.292 e. The van der Waals surface area contributed by atoms with Crippen LogP contribution in [0.4, 0.5) is 11.4 Å². The van der Waals surface area contributed by atoms with E-state index < -0.39 is 4.92 Å². The highest BCUT2D eigenvalue weighted by Crippen LogP contribution is 2.25. The molecule has 1 aliphatic rings. The quantitative estimate of drug-likeness (QED) is 0.645. The van der Waals surface area contributed by atoms with E-state index in [4.69, 9.17) is 0 Å². The molecule has 2 N–H and O–H groups in total. The third-order valence-electron chi connectivity index (χ3n) is 3.76. The Morgan fingerprint density at radius 1 is 1.48 bits per heavy atom. The lowest BCUT2D eigenvalue weighted by molar-refractivity contribution is -0.383. The molecule has 0 radical (unpaired) electrons. The molecule has 21 heavy (non-hydrogen) atoms. The van der Waals surface area contributed by atoms with Crippen LogP contribution in [-0.2, 0) is 4.79 Å². The summed E-state index contributed by atoms with van der Waals surface area (Å²) in [5, 5.41) is 17.0. The molecule has 1 atom stereocenters. The summed E-state index contributed by atoms with van der Waals surface area (Å²) in [6.07, 6.45) is 4.63. The zero-order chi connectivity index (χ0) is 15.2. The van der Waals surface area contributed by atoms with Crippen LogP contribution in [0.15, 0.2) is 18.2 Å². The second-order valence-corrected chi connectivity index (χ2v) is 5.51. The fourth-order valence-corrected chi connectivity index (χ4v) is 2.60. The second kappa shape index (κ2) is 7.17. The van der Waals surface area contributed by atoms with Gasteiger partial charge < -0.3 is 10.6 Å². The number of nitro groups is 1. The van der Waals surface area contributed by atoms with Gasteiger partial charge in [-0.2, -0.15) is 0 Å². The number of aryl methyl sites for hydroxylation is 1. The van der Waals surface area contributed by atoms with Gasteiger partial charge in [0.05, 0.1) is 4.92 Å². The first-order chi connectivity index (χ1) is 10.1. The number of nitrogens with one attached hydrogen (secondary N) is 2. The maximum absolute atomic E-state index is 12.0. The van der Waals surface area contributed by atoms with Crippen LogP contribution in [0.2, 0.25) is 0 Å². The molecule has 1 heterocycles. The number of carbonyl (C=O) groups is 1. The zero-order valence-corrected chi connectivity index (χ0v) is 12.2. The van der Waals surface area contributed by atoms with Crippen LogP contribution in [0.5, 0.6) is 0 Å². The molecule has 1 aliphatic heterocycles. The number of nitrogens with zero attached hydrogens (tertiary/aromatic N) is 1. The summed E-state index contributed by atoms with van der Waals surface area (Å²) >= 11 is 0. The van der Waals surface area contributed by atoms with Gasteiger partial charge in [0, 0.05) is 18.5 Å². The second-order valence-electron chi connectivity index (χ2n) is 5.51. The summed E-state index contributed by atoms with van der Waals surface area (Å²) in [5.74, 6) is -0.170. The molecular formula is C15H21N3O3. The van der Waals surface area contributed by atoms with Gasteiger partial charge in [-0.05, 0) is 44.4 Å². The van der Waals surface area contributed by atoms with Crippen molar-refractivity contribution < 1.29 is 9.72 Å². The van der Waals surface area contributed by atoms with E-state index in [2.05, 4.69) is 10.6 Å². The van der Waals surface area contributed by atoms with E-state index in [1.165, 1.54) is 18.9 Å². The van der Waals surface area contributed by atoms with Gasteiger partial charge in [0.15, 0.2) is 0 Å². The number of amides is 1. The Labute approximate surface area is 124 Å². The lowest BCUT2D eigenvalue weighted by atomic mass is 10.0. The average Bonchev–Trinajstić information content (AvgIpc) is 2.46. The van der Waals surface area contributed by atoms with Crippen molar-refractivity contribution >= 4 is 17.3 Å². The van der Waals surface area contributed by atoms with Gasteiger partial charge in [0.2, 0.25) is 5.91 Å². The minimum absolute atomic E-state index is 0.0651. The van der Waals surface area contributed by atoms with Crippen molar-refractivity contribution in [2.75, 3.05) is 11.9 Å². The van der Waals surface area contributed by atoms with Gasteiger partial charge >= 0.3 is 0 Å². The molecule has 1 fully saturated rings. The van der Waals surface area contributed by atoms with Crippen LogP contribution in [-0.4, -0.2) is 23.4 Å². The molecule has 0 aromatic heterocycles. The Balaban J connectivity index is 1.92. The number of nitro benzene ring substituents is 1. The standard InChI is InChI=1S/C15H21N3O3/c1-11-5-7-14(18(20)21)13(10-11)17-15(19)8-6-12-4-2-3-9-16-12/h5,7,10,12,16H,2-4,6,8-9H2,1H3,(H,17,19). The Kier molecular flexibility index (Phi) is 5.27. The molecule has 1 unspecified atom stereocenters.